The number of hydrogen-bond acceptors (Lipinski definition) is 8. The van der Waals surface area contributed by atoms with Crippen LogP contribution >= 0.6 is 11.8 Å². The third kappa shape index (κ3) is 5.31. The van der Waals surface area contributed by atoms with Gasteiger partial charge in [-0.15, -0.1) is 11.8 Å². The molecule has 0 unspecified atom stereocenters. The number of amides is 1. The smallest absolute Gasteiger partial charge is 0.240 e. The van der Waals surface area contributed by atoms with Gasteiger partial charge in [-0.1, -0.05) is 0 Å². The van der Waals surface area contributed by atoms with Gasteiger partial charge in [0, 0.05) is 36.2 Å². The number of likely N-dealkylation sites (tertiary alicyclic amines) is 1. The number of ether oxygens (including phenoxy) is 1. The SMILES string of the molecule is COc1ccc2ncc(F)c(CCN3CC[C@H](CNS(=O)(=O)c4ccc5c(c4)NC(=O)CS5)C3)c2n1. The molecule has 0 radical (unpaired) electrons. The molecule has 1 atom stereocenters. The van der Waals surface area contributed by atoms with E-state index in [2.05, 4.69) is 24.9 Å². The van der Waals surface area contributed by atoms with Crippen LogP contribution in [0.4, 0.5) is 10.1 Å². The number of aromatic nitrogens is 2. The second-order valence-electron chi connectivity index (χ2n) is 8.86. The summed E-state index contributed by atoms with van der Waals surface area (Å²) < 4.78 is 48.2. The third-order valence-corrected chi connectivity index (χ3v) is 8.95. The standard InChI is InChI=1S/C24H26FN5O4S2/c1-34-23-5-3-19-24(29-23)17(18(25)12-26-19)7-9-30-8-6-15(13-30)11-27-36(32,33)16-2-4-21-20(10-16)28-22(31)14-35-21/h2-5,10,12,15,27H,6-9,11,13-14H2,1H3,(H,28,31)/t15-/m1/s1. The largest absolute Gasteiger partial charge is 0.481 e. The first-order valence-corrected chi connectivity index (χ1v) is 14.1. The van der Waals surface area contributed by atoms with Crippen molar-refractivity contribution in [1.82, 2.24) is 19.6 Å². The number of anilines is 1. The Labute approximate surface area is 212 Å². The van der Waals surface area contributed by atoms with E-state index in [0.29, 0.717) is 60.0 Å². The summed E-state index contributed by atoms with van der Waals surface area (Å²) in [6, 6.07) is 8.24. The predicted octanol–water partition coefficient (Wildman–Crippen LogP) is 2.66. The summed E-state index contributed by atoms with van der Waals surface area (Å²) in [4.78, 5) is 23.3. The van der Waals surface area contributed by atoms with Crippen LogP contribution in [0.1, 0.15) is 12.0 Å². The van der Waals surface area contributed by atoms with Crippen molar-refractivity contribution in [2.24, 2.45) is 5.92 Å². The van der Waals surface area contributed by atoms with Gasteiger partial charge in [-0.25, -0.2) is 22.5 Å². The van der Waals surface area contributed by atoms with Gasteiger partial charge in [-0.2, -0.15) is 0 Å². The Kier molecular flexibility index (Phi) is 7.11. The maximum atomic E-state index is 14.6. The zero-order valence-electron chi connectivity index (χ0n) is 19.7. The Hall–Kier alpha value is -2.80. The van der Waals surface area contributed by atoms with Gasteiger partial charge in [-0.05, 0) is 49.6 Å². The monoisotopic (exact) mass is 531 g/mol. The van der Waals surface area contributed by atoms with Gasteiger partial charge in [0.25, 0.3) is 0 Å². The molecule has 4 heterocycles. The van der Waals surface area contributed by atoms with Crippen molar-refractivity contribution in [2.75, 3.05) is 44.4 Å². The number of pyridine rings is 2. The molecule has 1 amide bonds. The summed E-state index contributed by atoms with van der Waals surface area (Å²) in [5.41, 5.74) is 2.13. The van der Waals surface area contributed by atoms with Crippen LogP contribution in [-0.2, 0) is 21.2 Å². The molecule has 0 bridgehead atoms. The van der Waals surface area contributed by atoms with Crippen LogP contribution in [0.2, 0.25) is 0 Å². The fourth-order valence-corrected chi connectivity index (χ4v) is 6.45. The number of nitrogens with zero attached hydrogens (tertiary/aromatic N) is 3. The molecule has 1 aromatic carbocycles. The van der Waals surface area contributed by atoms with Crippen LogP contribution < -0.4 is 14.8 Å². The molecular formula is C24H26FN5O4S2. The van der Waals surface area contributed by atoms with Gasteiger partial charge in [-0.3, -0.25) is 9.78 Å². The molecule has 9 nitrogen and oxygen atoms in total. The lowest BCUT2D eigenvalue weighted by molar-refractivity contribution is -0.113. The molecule has 1 saturated heterocycles. The van der Waals surface area contributed by atoms with E-state index in [-0.39, 0.29) is 16.7 Å². The number of sulfonamides is 1. The number of benzene rings is 1. The lowest BCUT2D eigenvalue weighted by Crippen LogP contribution is -2.31. The van der Waals surface area contributed by atoms with Gasteiger partial charge < -0.3 is 15.0 Å². The van der Waals surface area contributed by atoms with Crippen LogP contribution in [0.5, 0.6) is 5.88 Å². The maximum absolute atomic E-state index is 14.6. The number of hydrogen-bond donors (Lipinski definition) is 2. The van der Waals surface area contributed by atoms with Crippen LogP contribution in [-0.4, -0.2) is 68.2 Å². The van der Waals surface area contributed by atoms with Gasteiger partial charge in [0.1, 0.15) is 5.82 Å². The Morgan fingerprint density at radius 3 is 3.00 bits per heavy atom. The molecule has 2 aliphatic rings. The number of carbonyl (C=O) groups excluding carboxylic acids is 1. The van der Waals surface area contributed by atoms with E-state index in [1.807, 2.05) is 0 Å². The van der Waals surface area contributed by atoms with Gasteiger partial charge in [0.2, 0.25) is 21.8 Å². The van der Waals surface area contributed by atoms with E-state index in [4.69, 9.17) is 4.74 Å². The number of rotatable bonds is 8. The van der Waals surface area contributed by atoms with Crippen molar-refractivity contribution in [3.63, 3.8) is 0 Å². The van der Waals surface area contributed by atoms with Gasteiger partial charge in [0.15, 0.2) is 0 Å². The van der Waals surface area contributed by atoms with E-state index < -0.39 is 15.8 Å². The first-order chi connectivity index (χ1) is 17.3. The summed E-state index contributed by atoms with van der Waals surface area (Å²) in [6.07, 6.45) is 2.52. The number of carbonyl (C=O) groups is 1. The molecule has 2 aromatic heterocycles. The Morgan fingerprint density at radius 2 is 2.17 bits per heavy atom. The second-order valence-corrected chi connectivity index (χ2v) is 11.6. The average Bonchev–Trinajstić information content (AvgIpc) is 3.34. The van der Waals surface area contributed by atoms with Crippen LogP contribution in [0.25, 0.3) is 11.0 Å². The molecule has 36 heavy (non-hydrogen) atoms. The molecule has 12 heteroatoms. The lowest BCUT2D eigenvalue weighted by atomic mass is 10.1. The summed E-state index contributed by atoms with van der Waals surface area (Å²) in [7, 11) is -2.20. The molecule has 0 spiro atoms. The Balaban J connectivity index is 1.18. The predicted molar refractivity (Wildman–Crippen MR) is 135 cm³/mol. The zero-order valence-corrected chi connectivity index (χ0v) is 21.3. The summed E-state index contributed by atoms with van der Waals surface area (Å²) >= 11 is 1.39. The minimum atomic E-state index is -3.71. The highest BCUT2D eigenvalue weighted by atomic mass is 32.2. The number of methoxy groups -OCH3 is 1. The average molecular weight is 532 g/mol. The van der Waals surface area contributed by atoms with Crippen molar-refractivity contribution in [1.29, 1.82) is 0 Å². The minimum absolute atomic E-state index is 0.127. The molecular weight excluding hydrogens is 505 g/mol. The quantitative estimate of drug-likeness (QED) is 0.456. The van der Waals surface area contributed by atoms with E-state index in [9.17, 15) is 17.6 Å². The summed E-state index contributed by atoms with van der Waals surface area (Å²) in [6.45, 7) is 2.44. The summed E-state index contributed by atoms with van der Waals surface area (Å²) in [5.74, 6) is 0.334. The van der Waals surface area contributed by atoms with Crippen molar-refractivity contribution in [3.05, 3.63) is 47.9 Å². The first-order valence-electron chi connectivity index (χ1n) is 11.6. The molecule has 190 valence electrons. The fourth-order valence-electron chi connectivity index (χ4n) is 4.52. The minimum Gasteiger partial charge on any atom is -0.481 e. The topological polar surface area (TPSA) is 114 Å². The van der Waals surface area contributed by atoms with Crippen molar-refractivity contribution < 1.29 is 22.3 Å². The number of nitrogens with one attached hydrogen (secondary N) is 2. The fraction of sp³-hybridized carbons (Fsp3) is 0.375. The van der Waals surface area contributed by atoms with Crippen molar-refractivity contribution >= 4 is 44.4 Å². The van der Waals surface area contributed by atoms with Gasteiger partial charge in [0.05, 0.1) is 40.7 Å². The molecule has 1 fully saturated rings. The number of thioether (sulfide) groups is 1. The normalized spacial score (nSPS) is 18.3. The summed E-state index contributed by atoms with van der Waals surface area (Å²) in [5, 5.41) is 2.72. The third-order valence-electron chi connectivity index (χ3n) is 6.45. The lowest BCUT2D eigenvalue weighted by Gasteiger charge is -2.18. The van der Waals surface area contributed by atoms with Crippen molar-refractivity contribution in [2.45, 2.75) is 22.6 Å². The van der Waals surface area contributed by atoms with Crippen LogP contribution in [0.15, 0.2) is 46.3 Å². The Morgan fingerprint density at radius 1 is 1.31 bits per heavy atom. The van der Waals surface area contributed by atoms with Crippen molar-refractivity contribution in [3.8, 4) is 5.88 Å². The second kappa shape index (κ2) is 10.3. The highest BCUT2D eigenvalue weighted by molar-refractivity contribution is 8.00. The highest BCUT2D eigenvalue weighted by Gasteiger charge is 2.26. The molecule has 3 aromatic rings. The van der Waals surface area contributed by atoms with E-state index in [1.165, 1.54) is 31.1 Å². The van der Waals surface area contributed by atoms with Gasteiger partial charge >= 0.3 is 0 Å². The maximum Gasteiger partial charge on any atom is 0.240 e. The molecule has 2 N–H and O–H groups in total. The number of fused-ring (bicyclic) bond motifs is 2. The Bertz CT molecular complexity index is 1420. The zero-order chi connectivity index (χ0) is 25.3. The van der Waals surface area contributed by atoms with E-state index >= 15 is 0 Å². The van der Waals surface area contributed by atoms with Crippen LogP contribution in [0, 0.1) is 11.7 Å². The van der Waals surface area contributed by atoms with Crippen LogP contribution in [0.3, 0.4) is 0 Å². The molecule has 0 aliphatic carbocycles. The number of halogens is 1. The molecule has 5 rings (SSSR count). The van der Waals surface area contributed by atoms with E-state index in [0.717, 1.165) is 17.9 Å². The highest BCUT2D eigenvalue weighted by Crippen LogP contribution is 2.33. The molecule has 2 aliphatic heterocycles. The first kappa shape index (κ1) is 24.9. The molecule has 0 saturated carbocycles. The van der Waals surface area contributed by atoms with E-state index in [1.54, 1.807) is 24.3 Å².